The first-order chi connectivity index (χ1) is 19.8. The SMILES string of the molecule is [C-]#[N+][C@]1(CO[P@@](=O)(N[C@@H](C)C(=O)OCC(C)(C)CC)Oc2ccccc2)O[C@@H](c2ccc3c(N)ccnn23)[C@H](O)[C@@H]1O. The molecule has 42 heavy (non-hydrogen) atoms. The second-order valence-corrected chi connectivity index (χ2v) is 12.6. The van der Waals surface area contributed by atoms with Gasteiger partial charge in [-0.15, -0.1) is 0 Å². The predicted octanol–water partition coefficient (Wildman–Crippen LogP) is 3.49. The summed E-state index contributed by atoms with van der Waals surface area (Å²) in [6, 6.07) is 11.9. The molecule has 3 heterocycles. The van der Waals surface area contributed by atoms with Crippen molar-refractivity contribution in [2.45, 2.75) is 64.2 Å². The highest BCUT2D eigenvalue weighted by atomic mass is 31.2. The number of carbonyl (C=O) groups is 1. The van der Waals surface area contributed by atoms with Crippen LogP contribution < -0.4 is 15.3 Å². The van der Waals surface area contributed by atoms with Crippen LogP contribution >= 0.6 is 7.75 Å². The van der Waals surface area contributed by atoms with Gasteiger partial charge in [0.25, 0.3) is 0 Å². The quantitative estimate of drug-likeness (QED) is 0.136. The minimum atomic E-state index is -4.40. The highest BCUT2D eigenvalue weighted by Gasteiger charge is 2.62. The van der Waals surface area contributed by atoms with Gasteiger partial charge in [0.05, 0.1) is 23.5 Å². The molecule has 13 nitrogen and oxygen atoms in total. The number of nitrogens with two attached hydrogens (primary N) is 1. The smallest absolute Gasteiger partial charge is 0.459 e. The number of rotatable bonds is 12. The minimum Gasteiger partial charge on any atom is -0.464 e. The van der Waals surface area contributed by atoms with Gasteiger partial charge in [0.1, 0.15) is 24.0 Å². The van der Waals surface area contributed by atoms with Gasteiger partial charge < -0.3 is 25.2 Å². The first-order valence-electron chi connectivity index (χ1n) is 13.4. The summed E-state index contributed by atoms with van der Waals surface area (Å²) in [6.07, 6.45) is -2.30. The van der Waals surface area contributed by atoms with Crippen LogP contribution in [0, 0.1) is 12.0 Å². The molecule has 1 aliphatic heterocycles. The molecule has 0 saturated carbocycles. The number of nitrogens with zero attached hydrogens (tertiary/aromatic N) is 3. The average Bonchev–Trinajstić information content (AvgIpc) is 3.51. The fourth-order valence-electron chi connectivity index (χ4n) is 4.22. The molecule has 1 aliphatic rings. The summed E-state index contributed by atoms with van der Waals surface area (Å²) in [5, 5.41) is 28.7. The lowest BCUT2D eigenvalue weighted by Gasteiger charge is -2.27. The van der Waals surface area contributed by atoms with Crippen LogP contribution in [0.5, 0.6) is 5.75 Å². The number of esters is 1. The lowest BCUT2D eigenvalue weighted by molar-refractivity contribution is -0.148. The Kier molecular flexibility index (Phi) is 9.27. The molecule has 0 spiro atoms. The zero-order chi connectivity index (χ0) is 30.7. The summed E-state index contributed by atoms with van der Waals surface area (Å²) < 4.78 is 38.1. The Labute approximate surface area is 243 Å². The number of fused-ring (bicyclic) bond motifs is 1. The number of carbonyl (C=O) groups excluding carboxylic acids is 1. The normalized spacial score (nSPS) is 24.5. The zero-order valence-electron chi connectivity index (χ0n) is 23.8. The van der Waals surface area contributed by atoms with Crippen molar-refractivity contribution in [2.75, 3.05) is 18.9 Å². The van der Waals surface area contributed by atoms with E-state index in [1.54, 1.807) is 36.4 Å². The van der Waals surface area contributed by atoms with Crippen molar-refractivity contribution < 1.29 is 38.1 Å². The third kappa shape index (κ3) is 6.60. The van der Waals surface area contributed by atoms with Crippen LogP contribution in [0.1, 0.15) is 45.9 Å². The lowest BCUT2D eigenvalue weighted by Crippen LogP contribution is -2.45. The first-order valence-corrected chi connectivity index (χ1v) is 15.0. The van der Waals surface area contributed by atoms with E-state index >= 15 is 0 Å². The van der Waals surface area contributed by atoms with Crippen molar-refractivity contribution >= 4 is 24.9 Å². The van der Waals surface area contributed by atoms with Gasteiger partial charge in [0, 0.05) is 6.20 Å². The maximum Gasteiger partial charge on any atom is 0.459 e. The number of anilines is 1. The molecular formula is C28H36N5O8P. The highest BCUT2D eigenvalue weighted by Crippen LogP contribution is 2.49. The van der Waals surface area contributed by atoms with Crippen molar-refractivity contribution in [2.24, 2.45) is 5.41 Å². The van der Waals surface area contributed by atoms with Gasteiger partial charge in [0.15, 0.2) is 12.7 Å². The molecule has 6 atom stereocenters. The Balaban J connectivity index is 1.56. The van der Waals surface area contributed by atoms with Crippen LogP contribution in [0.3, 0.4) is 0 Å². The van der Waals surface area contributed by atoms with E-state index < -0.39 is 50.4 Å². The third-order valence-electron chi connectivity index (χ3n) is 7.20. The molecular weight excluding hydrogens is 565 g/mol. The molecule has 226 valence electrons. The summed E-state index contributed by atoms with van der Waals surface area (Å²) in [5.74, 6) is -0.525. The maximum atomic E-state index is 14.0. The van der Waals surface area contributed by atoms with E-state index in [0.29, 0.717) is 16.9 Å². The highest BCUT2D eigenvalue weighted by molar-refractivity contribution is 7.52. The predicted molar refractivity (Wildman–Crippen MR) is 153 cm³/mol. The number of aromatic nitrogens is 2. The lowest BCUT2D eigenvalue weighted by atomic mass is 9.92. The molecule has 4 rings (SSSR count). The molecule has 0 amide bonds. The van der Waals surface area contributed by atoms with E-state index in [4.69, 9.17) is 30.8 Å². The van der Waals surface area contributed by atoms with E-state index in [9.17, 15) is 19.6 Å². The van der Waals surface area contributed by atoms with Crippen molar-refractivity contribution in [3.63, 3.8) is 0 Å². The molecule has 2 aromatic heterocycles. The number of aliphatic hydroxyl groups excluding tert-OH is 2. The summed E-state index contributed by atoms with van der Waals surface area (Å²) in [4.78, 5) is 16.2. The number of nitrogens with one attached hydrogen (secondary N) is 1. The van der Waals surface area contributed by atoms with E-state index in [2.05, 4.69) is 15.0 Å². The Hall–Kier alpha value is -3.50. The van der Waals surface area contributed by atoms with Crippen molar-refractivity contribution in [3.05, 3.63) is 71.8 Å². The van der Waals surface area contributed by atoms with Crippen LogP contribution in [0.4, 0.5) is 5.69 Å². The van der Waals surface area contributed by atoms with Crippen molar-refractivity contribution in [1.82, 2.24) is 14.7 Å². The average molecular weight is 602 g/mol. The fourth-order valence-corrected chi connectivity index (χ4v) is 5.73. The van der Waals surface area contributed by atoms with Gasteiger partial charge in [-0.05, 0) is 49.1 Å². The molecule has 1 saturated heterocycles. The molecule has 1 fully saturated rings. The molecule has 0 aliphatic carbocycles. The Morgan fingerprint density at radius 2 is 2.00 bits per heavy atom. The maximum absolute atomic E-state index is 14.0. The van der Waals surface area contributed by atoms with Crippen LogP contribution in [0.25, 0.3) is 10.4 Å². The Morgan fingerprint density at radius 1 is 1.29 bits per heavy atom. The van der Waals surface area contributed by atoms with Gasteiger partial charge >= 0.3 is 19.4 Å². The van der Waals surface area contributed by atoms with Gasteiger partial charge in [-0.2, -0.15) is 10.2 Å². The molecule has 0 radical (unpaired) electrons. The topological polar surface area (TPSA) is 171 Å². The Morgan fingerprint density at radius 3 is 2.67 bits per heavy atom. The van der Waals surface area contributed by atoms with Gasteiger partial charge in [0.2, 0.25) is 0 Å². The molecule has 3 aromatic rings. The zero-order valence-corrected chi connectivity index (χ0v) is 24.7. The number of hydrogen-bond acceptors (Lipinski definition) is 10. The summed E-state index contributed by atoms with van der Waals surface area (Å²) >= 11 is 0. The van der Waals surface area contributed by atoms with Gasteiger partial charge in [-0.25, -0.2) is 15.7 Å². The third-order valence-corrected chi connectivity index (χ3v) is 8.83. The summed E-state index contributed by atoms with van der Waals surface area (Å²) in [7, 11) is -4.40. The number of aliphatic hydroxyl groups is 2. The standard InChI is InChI=1S/C28H36N5O8P/c1-6-27(3,4)16-38-26(36)18(2)32-42(37,41-19-10-8-7-9-11-19)39-17-28(30-5)25(35)23(34)24(40-28)22-13-12-21-20(29)14-15-31-33(21)22/h7-15,18,23-25,34-35H,6,16-17,29H2,1-4H3,(H,32,37)/t18-,23-,24-,25-,28+,42-/m0/s1. The van der Waals surface area contributed by atoms with Crippen molar-refractivity contribution in [1.29, 1.82) is 0 Å². The minimum absolute atomic E-state index is 0.147. The second-order valence-electron chi connectivity index (χ2n) is 10.9. The molecule has 5 N–H and O–H groups in total. The second kappa shape index (κ2) is 12.4. The van der Waals surface area contributed by atoms with Crippen LogP contribution in [0.15, 0.2) is 54.7 Å². The van der Waals surface area contributed by atoms with Crippen LogP contribution in [-0.4, -0.2) is 63.0 Å². The number of benzene rings is 1. The van der Waals surface area contributed by atoms with Crippen molar-refractivity contribution in [3.8, 4) is 5.75 Å². The fraction of sp³-hybridized carbons (Fsp3) is 0.464. The van der Waals surface area contributed by atoms with Gasteiger partial charge in [-0.1, -0.05) is 39.0 Å². The Bertz CT molecular complexity index is 1490. The number of hydrogen-bond donors (Lipinski definition) is 4. The largest absolute Gasteiger partial charge is 0.464 e. The van der Waals surface area contributed by atoms with Crippen LogP contribution in [0.2, 0.25) is 0 Å². The summed E-state index contributed by atoms with van der Waals surface area (Å²) in [6.45, 7) is 14.5. The number of para-hydroxylation sites is 1. The van der Waals surface area contributed by atoms with E-state index in [1.165, 1.54) is 29.8 Å². The van der Waals surface area contributed by atoms with E-state index in [1.807, 2.05) is 20.8 Å². The van der Waals surface area contributed by atoms with E-state index in [-0.39, 0.29) is 17.8 Å². The van der Waals surface area contributed by atoms with E-state index in [0.717, 1.165) is 6.42 Å². The molecule has 14 heteroatoms. The molecule has 0 bridgehead atoms. The monoisotopic (exact) mass is 601 g/mol. The van der Waals surface area contributed by atoms with Crippen LogP contribution in [-0.2, 0) is 23.4 Å². The first kappa shape index (κ1) is 31.4. The van der Waals surface area contributed by atoms with Gasteiger partial charge in [-0.3, -0.25) is 18.9 Å². The molecule has 1 aromatic carbocycles. The summed E-state index contributed by atoms with van der Waals surface area (Å²) in [5.41, 5.74) is 4.89. The molecule has 0 unspecified atom stereocenters. The number of ether oxygens (including phenoxy) is 2. The number of nitrogen functional groups attached to an aromatic ring is 1.